The molecule has 0 saturated carbocycles. The van der Waals surface area contributed by atoms with Crippen LogP contribution in [0.1, 0.15) is 28.8 Å². The molecule has 2 heterocycles. The standard InChI is InChI=1S/C22H20N4O2S/c1-3-11-26-20(15-7-5-4-6-8-15)24-25-22(26)29-13-19(27)16-9-10-18-17(12-16)14(2)21(28)23-18/h3-10,12,14H,1,11,13H2,2H3,(H,23,28)/t14-/m0/s1. The average molecular weight is 404 g/mol. The molecule has 0 saturated heterocycles. The van der Waals surface area contributed by atoms with Gasteiger partial charge in [-0.1, -0.05) is 48.2 Å². The molecule has 0 aliphatic carbocycles. The molecule has 3 aromatic rings. The number of aromatic nitrogens is 3. The molecule has 1 amide bonds. The monoisotopic (exact) mass is 404 g/mol. The highest BCUT2D eigenvalue weighted by Crippen LogP contribution is 2.33. The largest absolute Gasteiger partial charge is 0.325 e. The van der Waals surface area contributed by atoms with Crippen LogP contribution in [-0.2, 0) is 11.3 Å². The van der Waals surface area contributed by atoms with Crippen molar-refractivity contribution in [2.75, 3.05) is 11.1 Å². The Morgan fingerprint density at radius 2 is 2.03 bits per heavy atom. The Morgan fingerprint density at radius 3 is 2.79 bits per heavy atom. The zero-order valence-corrected chi connectivity index (χ0v) is 16.8. The Kier molecular flexibility index (Phi) is 5.31. The van der Waals surface area contributed by atoms with E-state index in [-0.39, 0.29) is 23.4 Å². The number of nitrogens with zero attached hydrogens (tertiary/aromatic N) is 3. The van der Waals surface area contributed by atoms with E-state index in [1.165, 1.54) is 11.8 Å². The molecule has 6 nitrogen and oxygen atoms in total. The summed E-state index contributed by atoms with van der Waals surface area (Å²) in [4.78, 5) is 24.6. The average Bonchev–Trinajstić information content (AvgIpc) is 3.27. The lowest BCUT2D eigenvalue weighted by Gasteiger charge is -2.08. The van der Waals surface area contributed by atoms with E-state index in [1.54, 1.807) is 18.2 Å². The second kappa shape index (κ2) is 8.05. The maximum atomic E-state index is 12.7. The van der Waals surface area contributed by atoms with Gasteiger partial charge in [0.2, 0.25) is 5.91 Å². The lowest BCUT2D eigenvalue weighted by molar-refractivity contribution is -0.116. The zero-order chi connectivity index (χ0) is 20.4. The summed E-state index contributed by atoms with van der Waals surface area (Å²) in [6.45, 7) is 6.21. The molecular weight excluding hydrogens is 384 g/mol. The second-order valence-electron chi connectivity index (χ2n) is 6.80. The van der Waals surface area contributed by atoms with Gasteiger partial charge in [0.15, 0.2) is 16.8 Å². The van der Waals surface area contributed by atoms with Crippen molar-refractivity contribution in [1.82, 2.24) is 14.8 Å². The van der Waals surface area contributed by atoms with Crippen LogP contribution in [-0.4, -0.2) is 32.2 Å². The van der Waals surface area contributed by atoms with Gasteiger partial charge < -0.3 is 5.32 Å². The smallest absolute Gasteiger partial charge is 0.231 e. The van der Waals surface area contributed by atoms with Gasteiger partial charge in [0.05, 0.1) is 11.7 Å². The third-order valence-corrected chi connectivity index (χ3v) is 5.85. The minimum absolute atomic E-state index is 0.0150. The molecule has 1 aliphatic rings. The molecule has 1 aliphatic heterocycles. The van der Waals surface area contributed by atoms with Crippen LogP contribution in [0.2, 0.25) is 0 Å². The van der Waals surface area contributed by atoms with Crippen molar-refractivity contribution >= 4 is 29.1 Å². The van der Waals surface area contributed by atoms with Crippen LogP contribution in [0.3, 0.4) is 0 Å². The highest BCUT2D eigenvalue weighted by molar-refractivity contribution is 7.99. The zero-order valence-electron chi connectivity index (χ0n) is 16.0. The van der Waals surface area contributed by atoms with Gasteiger partial charge >= 0.3 is 0 Å². The van der Waals surface area contributed by atoms with Crippen LogP contribution in [0.5, 0.6) is 0 Å². The third kappa shape index (κ3) is 3.73. The molecule has 2 aromatic carbocycles. The number of thioether (sulfide) groups is 1. The number of Topliss-reactive ketones (excluding diaryl/α,β-unsaturated/α-hetero) is 1. The Labute approximate surface area is 173 Å². The number of carbonyl (C=O) groups excluding carboxylic acids is 2. The first-order valence-electron chi connectivity index (χ1n) is 9.29. The van der Waals surface area contributed by atoms with Crippen molar-refractivity contribution in [3.63, 3.8) is 0 Å². The number of allylic oxidation sites excluding steroid dienone is 1. The molecule has 146 valence electrons. The van der Waals surface area contributed by atoms with Gasteiger partial charge in [-0.3, -0.25) is 14.2 Å². The van der Waals surface area contributed by atoms with Crippen LogP contribution in [0.25, 0.3) is 11.4 Å². The van der Waals surface area contributed by atoms with E-state index in [9.17, 15) is 9.59 Å². The molecule has 1 aromatic heterocycles. The summed E-state index contributed by atoms with van der Waals surface area (Å²) in [6.07, 6.45) is 1.79. The first-order chi connectivity index (χ1) is 14.1. The van der Waals surface area contributed by atoms with Gasteiger partial charge in [-0.15, -0.1) is 16.8 Å². The summed E-state index contributed by atoms with van der Waals surface area (Å²) in [5, 5.41) is 12.1. The molecule has 0 unspecified atom stereocenters. The topological polar surface area (TPSA) is 76.9 Å². The fourth-order valence-electron chi connectivity index (χ4n) is 3.29. The van der Waals surface area contributed by atoms with Gasteiger partial charge in [-0.05, 0) is 30.7 Å². The second-order valence-corrected chi connectivity index (χ2v) is 7.74. The van der Waals surface area contributed by atoms with Crippen LogP contribution in [0.15, 0.2) is 66.3 Å². The number of amides is 1. The number of fused-ring (bicyclic) bond motifs is 1. The first-order valence-corrected chi connectivity index (χ1v) is 10.3. The summed E-state index contributed by atoms with van der Waals surface area (Å²) < 4.78 is 1.95. The SMILES string of the molecule is C=CCn1c(SCC(=O)c2ccc3c(c2)[C@H](C)C(=O)N3)nnc1-c1ccccc1. The molecule has 29 heavy (non-hydrogen) atoms. The maximum absolute atomic E-state index is 12.7. The molecule has 1 N–H and O–H groups in total. The number of rotatable bonds is 7. The molecule has 0 spiro atoms. The van der Waals surface area contributed by atoms with Crippen molar-refractivity contribution in [3.8, 4) is 11.4 Å². The van der Waals surface area contributed by atoms with Crippen molar-refractivity contribution < 1.29 is 9.59 Å². The minimum Gasteiger partial charge on any atom is -0.325 e. The van der Waals surface area contributed by atoms with Gasteiger partial charge in [0.1, 0.15) is 0 Å². The lowest BCUT2D eigenvalue weighted by Crippen LogP contribution is -2.08. The Hall–Kier alpha value is -3.19. The molecule has 0 radical (unpaired) electrons. The predicted molar refractivity (Wildman–Crippen MR) is 114 cm³/mol. The summed E-state index contributed by atoms with van der Waals surface area (Å²) in [5.41, 5.74) is 3.21. The molecule has 7 heteroatoms. The van der Waals surface area contributed by atoms with Gasteiger partial charge in [0.25, 0.3) is 0 Å². The predicted octanol–water partition coefficient (Wildman–Crippen LogP) is 4.16. The van der Waals surface area contributed by atoms with Gasteiger partial charge in [-0.25, -0.2) is 0 Å². The van der Waals surface area contributed by atoms with Crippen molar-refractivity contribution in [3.05, 3.63) is 72.3 Å². The molecule has 0 fully saturated rings. The number of nitrogens with one attached hydrogen (secondary N) is 1. The van der Waals surface area contributed by atoms with Gasteiger partial charge in [-0.2, -0.15) is 0 Å². The highest BCUT2D eigenvalue weighted by atomic mass is 32.2. The quantitative estimate of drug-likeness (QED) is 0.363. The van der Waals surface area contributed by atoms with Gasteiger partial charge in [0, 0.05) is 23.4 Å². The fraction of sp³-hybridized carbons (Fsp3) is 0.182. The van der Waals surface area contributed by atoms with E-state index in [0.29, 0.717) is 17.3 Å². The van der Waals surface area contributed by atoms with Crippen LogP contribution >= 0.6 is 11.8 Å². The van der Waals surface area contributed by atoms with E-state index in [2.05, 4.69) is 22.1 Å². The number of hydrogen-bond acceptors (Lipinski definition) is 5. The molecule has 1 atom stereocenters. The van der Waals surface area contributed by atoms with E-state index in [1.807, 2.05) is 47.9 Å². The van der Waals surface area contributed by atoms with Crippen molar-refractivity contribution in [2.45, 2.75) is 24.5 Å². The molecule has 4 rings (SSSR count). The normalized spacial score (nSPS) is 15.1. The van der Waals surface area contributed by atoms with Crippen LogP contribution in [0.4, 0.5) is 5.69 Å². The number of anilines is 1. The highest BCUT2D eigenvalue weighted by Gasteiger charge is 2.27. The lowest BCUT2D eigenvalue weighted by atomic mass is 9.99. The molecule has 0 bridgehead atoms. The van der Waals surface area contributed by atoms with Crippen molar-refractivity contribution in [2.24, 2.45) is 0 Å². The Balaban J connectivity index is 1.52. The van der Waals surface area contributed by atoms with E-state index in [4.69, 9.17) is 0 Å². The van der Waals surface area contributed by atoms with Crippen molar-refractivity contribution in [1.29, 1.82) is 0 Å². The number of ketones is 1. The first kappa shape index (κ1) is 19.1. The summed E-state index contributed by atoms with van der Waals surface area (Å²) in [7, 11) is 0. The summed E-state index contributed by atoms with van der Waals surface area (Å²) in [6, 6.07) is 15.2. The minimum atomic E-state index is -0.241. The third-order valence-electron chi connectivity index (χ3n) is 4.88. The van der Waals surface area contributed by atoms with Crippen LogP contribution < -0.4 is 5.32 Å². The number of carbonyl (C=O) groups is 2. The summed E-state index contributed by atoms with van der Waals surface area (Å²) in [5.74, 6) is 0.688. The van der Waals surface area contributed by atoms with E-state index in [0.717, 1.165) is 22.6 Å². The fourth-order valence-corrected chi connectivity index (χ4v) is 4.14. The van der Waals surface area contributed by atoms with E-state index < -0.39 is 0 Å². The molecular formula is C22H20N4O2S. The van der Waals surface area contributed by atoms with Crippen LogP contribution in [0, 0.1) is 0 Å². The summed E-state index contributed by atoms with van der Waals surface area (Å²) >= 11 is 1.35. The van der Waals surface area contributed by atoms with E-state index >= 15 is 0 Å². The maximum Gasteiger partial charge on any atom is 0.231 e. The Bertz CT molecular complexity index is 1090. The Morgan fingerprint density at radius 1 is 1.24 bits per heavy atom. The number of benzene rings is 2. The number of hydrogen-bond donors (Lipinski definition) is 1.